The Labute approximate surface area is 173 Å². The first kappa shape index (κ1) is 20.3. The number of benzene rings is 2. The second-order valence-corrected chi connectivity index (χ2v) is 7.60. The molecule has 0 unspecified atom stereocenters. The van der Waals surface area contributed by atoms with Gasteiger partial charge in [0.05, 0.1) is 12.8 Å². The Morgan fingerprint density at radius 2 is 1.72 bits per heavy atom. The number of thiazole rings is 1. The first-order valence-corrected chi connectivity index (χ1v) is 9.86. The molecule has 3 aromatic rings. The molecule has 7 nitrogen and oxygen atoms in total. The highest BCUT2D eigenvalue weighted by molar-refractivity contribution is 7.15. The van der Waals surface area contributed by atoms with E-state index in [-0.39, 0.29) is 5.91 Å². The molecule has 0 spiro atoms. The van der Waals surface area contributed by atoms with Crippen molar-refractivity contribution < 1.29 is 14.3 Å². The fourth-order valence-electron chi connectivity index (χ4n) is 2.52. The third-order valence-corrected chi connectivity index (χ3v) is 5.29. The third-order valence-electron chi connectivity index (χ3n) is 4.07. The molecule has 0 atom stereocenters. The maximum absolute atomic E-state index is 12.4. The number of methoxy groups -OCH3 is 1. The van der Waals surface area contributed by atoms with Crippen LogP contribution >= 0.6 is 11.3 Å². The summed E-state index contributed by atoms with van der Waals surface area (Å²) < 4.78 is 5.21. The fourth-order valence-corrected chi connectivity index (χ4v) is 3.33. The van der Waals surface area contributed by atoms with Crippen LogP contribution < -0.4 is 20.7 Å². The smallest absolute Gasteiger partial charge is 0.323 e. The van der Waals surface area contributed by atoms with Gasteiger partial charge in [0.2, 0.25) is 0 Å². The molecular weight excluding hydrogens is 388 g/mol. The van der Waals surface area contributed by atoms with E-state index in [1.807, 2.05) is 6.07 Å². The van der Waals surface area contributed by atoms with Crippen molar-refractivity contribution >= 4 is 39.8 Å². The van der Waals surface area contributed by atoms with Crippen molar-refractivity contribution in [2.24, 2.45) is 0 Å². The lowest BCUT2D eigenvalue weighted by Gasteiger charge is -2.11. The van der Waals surface area contributed by atoms with E-state index in [0.717, 1.165) is 4.88 Å². The van der Waals surface area contributed by atoms with Crippen LogP contribution in [-0.4, -0.2) is 24.0 Å². The van der Waals surface area contributed by atoms with Gasteiger partial charge in [-0.3, -0.25) is 10.1 Å². The van der Waals surface area contributed by atoms with E-state index >= 15 is 0 Å². The monoisotopic (exact) mass is 410 g/mol. The predicted molar refractivity (Wildman–Crippen MR) is 116 cm³/mol. The Balaban J connectivity index is 1.59. The topological polar surface area (TPSA) is 92.4 Å². The summed E-state index contributed by atoms with van der Waals surface area (Å²) in [5.41, 5.74) is 1.60. The lowest BCUT2D eigenvalue weighted by molar-refractivity contribution is 0.102. The summed E-state index contributed by atoms with van der Waals surface area (Å²) in [5, 5.41) is 8.82. The van der Waals surface area contributed by atoms with Crippen molar-refractivity contribution in [1.29, 1.82) is 0 Å². The lowest BCUT2D eigenvalue weighted by Crippen LogP contribution is -2.20. The van der Waals surface area contributed by atoms with E-state index in [2.05, 4.69) is 34.8 Å². The zero-order chi connectivity index (χ0) is 20.8. The van der Waals surface area contributed by atoms with E-state index in [9.17, 15) is 9.59 Å². The summed E-state index contributed by atoms with van der Waals surface area (Å²) in [6.45, 7) is 4.16. The summed E-state index contributed by atoms with van der Waals surface area (Å²) in [7, 11) is 1.54. The molecule has 0 saturated carbocycles. The van der Waals surface area contributed by atoms with E-state index in [0.29, 0.717) is 33.7 Å². The maximum Gasteiger partial charge on any atom is 0.323 e. The number of carbonyl (C=O) groups is 2. The molecule has 1 aromatic heterocycles. The van der Waals surface area contributed by atoms with Gasteiger partial charge in [0.1, 0.15) is 5.75 Å². The summed E-state index contributed by atoms with van der Waals surface area (Å²) in [6, 6.07) is 13.3. The van der Waals surface area contributed by atoms with Crippen molar-refractivity contribution in [3.05, 3.63) is 65.2 Å². The first-order chi connectivity index (χ1) is 14.0. The Kier molecular flexibility index (Phi) is 6.46. The van der Waals surface area contributed by atoms with Crippen LogP contribution in [0.15, 0.2) is 54.7 Å². The third kappa shape index (κ3) is 5.32. The minimum absolute atomic E-state index is 0.250. The van der Waals surface area contributed by atoms with Gasteiger partial charge in [-0.15, -0.1) is 11.3 Å². The van der Waals surface area contributed by atoms with Crippen LogP contribution in [0, 0.1) is 0 Å². The highest BCUT2D eigenvalue weighted by Crippen LogP contribution is 2.26. The standard InChI is InChI=1S/C21H22N4O3S/c1-13(2)18-12-22-21(29-18)25-19(26)14-8-10-15(11-9-14)23-20(27)24-16-6-4-5-7-17(16)28-3/h4-13H,1-3H3,(H,22,25,26)(H2,23,24,27). The number of nitrogens with zero attached hydrogens (tertiary/aromatic N) is 1. The van der Waals surface area contributed by atoms with E-state index in [4.69, 9.17) is 4.74 Å². The van der Waals surface area contributed by atoms with Crippen LogP contribution in [0.3, 0.4) is 0 Å². The summed E-state index contributed by atoms with van der Waals surface area (Å²) in [6.07, 6.45) is 1.78. The number of amides is 3. The number of anilines is 3. The number of hydrogen-bond acceptors (Lipinski definition) is 5. The molecular formula is C21H22N4O3S. The van der Waals surface area contributed by atoms with Gasteiger partial charge in [0.15, 0.2) is 5.13 Å². The van der Waals surface area contributed by atoms with Gasteiger partial charge in [-0.1, -0.05) is 26.0 Å². The summed E-state index contributed by atoms with van der Waals surface area (Å²) >= 11 is 1.46. The molecule has 0 aliphatic rings. The van der Waals surface area contributed by atoms with E-state index in [1.54, 1.807) is 48.7 Å². The SMILES string of the molecule is COc1ccccc1NC(=O)Nc1ccc(C(=O)Nc2ncc(C(C)C)s2)cc1. The Hall–Kier alpha value is -3.39. The van der Waals surface area contributed by atoms with Crippen LogP contribution in [0.4, 0.5) is 21.3 Å². The molecule has 0 fully saturated rings. The summed E-state index contributed by atoms with van der Waals surface area (Å²) in [5.74, 6) is 0.683. The van der Waals surface area contributed by atoms with E-state index < -0.39 is 6.03 Å². The minimum Gasteiger partial charge on any atom is -0.495 e. The molecule has 3 N–H and O–H groups in total. The quantitative estimate of drug-likeness (QED) is 0.523. The highest BCUT2D eigenvalue weighted by atomic mass is 32.1. The molecule has 0 radical (unpaired) electrons. The molecule has 3 rings (SSSR count). The van der Waals surface area contributed by atoms with Crippen molar-refractivity contribution in [2.45, 2.75) is 19.8 Å². The van der Waals surface area contributed by atoms with Gasteiger partial charge in [-0.25, -0.2) is 9.78 Å². The van der Waals surface area contributed by atoms with Gasteiger partial charge in [-0.05, 0) is 42.3 Å². The molecule has 0 aliphatic carbocycles. The van der Waals surface area contributed by atoms with Gasteiger partial charge in [0, 0.05) is 22.3 Å². The number of aromatic nitrogens is 1. The van der Waals surface area contributed by atoms with Crippen LogP contribution in [0.5, 0.6) is 5.75 Å². The molecule has 0 aliphatic heterocycles. The molecule has 0 bridgehead atoms. The van der Waals surface area contributed by atoms with Gasteiger partial charge < -0.3 is 15.4 Å². The second kappa shape index (κ2) is 9.20. The van der Waals surface area contributed by atoms with Crippen LogP contribution in [0.2, 0.25) is 0 Å². The number of para-hydroxylation sites is 2. The van der Waals surface area contributed by atoms with Crippen LogP contribution in [0.25, 0.3) is 0 Å². The Morgan fingerprint density at radius 1 is 1.00 bits per heavy atom. The molecule has 8 heteroatoms. The number of nitrogens with one attached hydrogen (secondary N) is 3. The second-order valence-electron chi connectivity index (χ2n) is 6.53. The highest BCUT2D eigenvalue weighted by Gasteiger charge is 2.11. The first-order valence-electron chi connectivity index (χ1n) is 9.04. The molecule has 3 amide bonds. The minimum atomic E-state index is -0.407. The average molecular weight is 410 g/mol. The zero-order valence-electron chi connectivity index (χ0n) is 16.4. The molecule has 29 heavy (non-hydrogen) atoms. The van der Waals surface area contributed by atoms with Crippen molar-refractivity contribution in [3.8, 4) is 5.75 Å². The largest absolute Gasteiger partial charge is 0.495 e. The van der Waals surface area contributed by atoms with Crippen molar-refractivity contribution in [3.63, 3.8) is 0 Å². The molecule has 150 valence electrons. The number of hydrogen-bond donors (Lipinski definition) is 3. The van der Waals surface area contributed by atoms with E-state index in [1.165, 1.54) is 18.4 Å². The number of urea groups is 1. The predicted octanol–water partition coefficient (Wildman–Crippen LogP) is 5.17. The molecule has 1 heterocycles. The average Bonchev–Trinajstić information content (AvgIpc) is 3.17. The van der Waals surface area contributed by atoms with Crippen molar-refractivity contribution in [1.82, 2.24) is 4.98 Å². The zero-order valence-corrected chi connectivity index (χ0v) is 17.2. The maximum atomic E-state index is 12.4. The van der Waals surface area contributed by atoms with Crippen LogP contribution in [-0.2, 0) is 0 Å². The number of ether oxygens (including phenoxy) is 1. The fraction of sp³-hybridized carbons (Fsp3) is 0.190. The Bertz CT molecular complexity index is 999. The number of rotatable bonds is 6. The number of carbonyl (C=O) groups excluding carboxylic acids is 2. The van der Waals surface area contributed by atoms with Gasteiger partial charge >= 0.3 is 6.03 Å². The van der Waals surface area contributed by atoms with Crippen molar-refractivity contribution in [2.75, 3.05) is 23.1 Å². The van der Waals surface area contributed by atoms with Crippen LogP contribution in [0.1, 0.15) is 35.0 Å². The molecule has 2 aromatic carbocycles. The molecule has 0 saturated heterocycles. The normalized spacial score (nSPS) is 10.5. The van der Waals surface area contributed by atoms with Gasteiger partial charge in [0.25, 0.3) is 5.91 Å². The lowest BCUT2D eigenvalue weighted by atomic mass is 10.2. The Morgan fingerprint density at radius 3 is 2.38 bits per heavy atom. The van der Waals surface area contributed by atoms with Gasteiger partial charge in [-0.2, -0.15) is 0 Å². The summed E-state index contributed by atoms with van der Waals surface area (Å²) in [4.78, 5) is 29.9.